The number of carbonyl (C=O) groups excluding carboxylic acids is 2. The Labute approximate surface area is 211 Å². The molecule has 12 heteroatoms. The Balaban J connectivity index is 1.87. The van der Waals surface area contributed by atoms with Crippen molar-refractivity contribution in [3.05, 3.63) is 93.5 Å². The van der Waals surface area contributed by atoms with Crippen molar-refractivity contribution in [2.24, 2.45) is 0 Å². The second kappa shape index (κ2) is 10.0. The molecule has 4 nitrogen and oxygen atoms in total. The first-order valence-corrected chi connectivity index (χ1v) is 10.9. The molecule has 0 aromatic heterocycles. The lowest BCUT2D eigenvalue weighted by molar-refractivity contribution is -0.348. The summed E-state index contributed by atoms with van der Waals surface area (Å²) in [5.41, 5.74) is -7.34. The fourth-order valence-corrected chi connectivity index (χ4v) is 3.84. The van der Waals surface area contributed by atoms with Crippen LogP contribution < -0.4 is 10.6 Å². The van der Waals surface area contributed by atoms with Crippen molar-refractivity contribution in [3.8, 4) is 0 Å². The Morgan fingerprint density at radius 2 is 1.30 bits per heavy atom. The van der Waals surface area contributed by atoms with Crippen molar-refractivity contribution in [1.82, 2.24) is 0 Å². The van der Waals surface area contributed by atoms with E-state index in [1.54, 1.807) is 12.1 Å². The van der Waals surface area contributed by atoms with Crippen molar-refractivity contribution in [1.29, 1.82) is 0 Å². The topological polar surface area (TPSA) is 58.2 Å². The highest BCUT2D eigenvalue weighted by Crippen LogP contribution is 2.53. The number of aryl methyl sites for hydroxylation is 2. The molecule has 0 fully saturated rings. The van der Waals surface area contributed by atoms with E-state index in [0.717, 1.165) is 13.8 Å². The van der Waals surface area contributed by atoms with E-state index in [1.807, 2.05) is 0 Å². The molecule has 3 aromatic rings. The third-order valence-corrected chi connectivity index (χ3v) is 5.78. The van der Waals surface area contributed by atoms with Gasteiger partial charge in [-0.15, -0.1) is 0 Å². The van der Waals surface area contributed by atoms with Crippen LogP contribution in [0.25, 0.3) is 0 Å². The third-order valence-electron chi connectivity index (χ3n) is 5.45. The monoisotopic (exact) mass is 546 g/mol. The highest BCUT2D eigenvalue weighted by molar-refractivity contribution is 6.34. The van der Waals surface area contributed by atoms with Gasteiger partial charge in [0.05, 0.1) is 10.6 Å². The predicted octanol–water partition coefficient (Wildman–Crippen LogP) is 7.75. The van der Waals surface area contributed by atoms with Gasteiger partial charge >= 0.3 is 18.0 Å². The van der Waals surface area contributed by atoms with Crippen LogP contribution in [0, 0.1) is 13.8 Å². The van der Waals surface area contributed by atoms with Gasteiger partial charge in [-0.3, -0.25) is 9.59 Å². The summed E-state index contributed by atoms with van der Waals surface area (Å²) in [7, 11) is 0. The standard InChI is InChI=1S/C25H18ClF7N2O2/c1-13-10-16(23(27,24(28,29)30)25(31,32)33)11-14(2)20(13)35-21(36)15-6-5-7-17(12-15)34-22(37)18-8-3-4-9-19(18)26/h3-12H,1-2H3,(H,34,37)(H,35,36). The van der Waals surface area contributed by atoms with Crippen molar-refractivity contribution in [3.63, 3.8) is 0 Å². The number of alkyl halides is 7. The van der Waals surface area contributed by atoms with Gasteiger partial charge in [-0.25, -0.2) is 4.39 Å². The lowest BCUT2D eigenvalue weighted by Gasteiger charge is -2.31. The molecular formula is C25H18ClF7N2O2. The minimum Gasteiger partial charge on any atom is -0.322 e. The van der Waals surface area contributed by atoms with Crippen LogP contribution in [0.4, 0.5) is 42.1 Å². The van der Waals surface area contributed by atoms with Crippen LogP contribution in [0.15, 0.2) is 60.7 Å². The molecule has 2 amide bonds. The molecule has 0 saturated carbocycles. The highest BCUT2D eigenvalue weighted by atomic mass is 35.5. The third kappa shape index (κ3) is 5.56. The minimum absolute atomic E-state index is 0.0188. The van der Waals surface area contributed by atoms with Crippen molar-refractivity contribution in [2.75, 3.05) is 10.6 Å². The normalized spacial score (nSPS) is 12.3. The summed E-state index contributed by atoms with van der Waals surface area (Å²) < 4.78 is 93.3. The molecule has 0 unspecified atom stereocenters. The van der Waals surface area contributed by atoms with E-state index in [9.17, 15) is 40.3 Å². The molecule has 0 radical (unpaired) electrons. The van der Waals surface area contributed by atoms with Crippen LogP contribution >= 0.6 is 11.6 Å². The second-order valence-corrected chi connectivity index (χ2v) is 8.52. The van der Waals surface area contributed by atoms with Crippen molar-refractivity contribution >= 4 is 34.8 Å². The van der Waals surface area contributed by atoms with Gasteiger partial charge in [-0.05, 0) is 55.3 Å². The van der Waals surface area contributed by atoms with E-state index in [1.165, 1.54) is 36.4 Å². The first-order chi connectivity index (χ1) is 17.1. The predicted molar refractivity (Wildman–Crippen MR) is 125 cm³/mol. The first kappa shape index (κ1) is 28.0. The zero-order chi connectivity index (χ0) is 27.8. The quantitative estimate of drug-likeness (QED) is 0.321. The van der Waals surface area contributed by atoms with Gasteiger partial charge < -0.3 is 10.6 Å². The van der Waals surface area contributed by atoms with Gasteiger partial charge in [-0.2, -0.15) is 26.3 Å². The molecule has 37 heavy (non-hydrogen) atoms. The molecule has 2 N–H and O–H groups in total. The summed E-state index contributed by atoms with van der Waals surface area (Å²) in [5, 5.41) is 5.19. The van der Waals surface area contributed by atoms with Gasteiger partial charge in [-0.1, -0.05) is 41.9 Å². The van der Waals surface area contributed by atoms with Crippen LogP contribution in [0.5, 0.6) is 0 Å². The van der Waals surface area contributed by atoms with Gasteiger partial charge in [0.1, 0.15) is 0 Å². The van der Waals surface area contributed by atoms with Crippen LogP contribution in [0.1, 0.15) is 37.4 Å². The smallest absolute Gasteiger partial charge is 0.322 e. The molecule has 3 rings (SSSR count). The Hall–Kier alpha value is -3.60. The minimum atomic E-state index is -6.26. The fraction of sp³-hybridized carbons (Fsp3) is 0.200. The molecule has 0 aliphatic rings. The van der Waals surface area contributed by atoms with E-state index >= 15 is 0 Å². The van der Waals surface area contributed by atoms with Crippen LogP contribution in [-0.2, 0) is 5.67 Å². The Bertz CT molecular complexity index is 1320. The van der Waals surface area contributed by atoms with E-state index in [2.05, 4.69) is 10.6 Å². The summed E-state index contributed by atoms with van der Waals surface area (Å²) in [5.74, 6) is -1.32. The van der Waals surface area contributed by atoms with Crippen LogP contribution in [-0.4, -0.2) is 24.2 Å². The highest BCUT2D eigenvalue weighted by Gasteiger charge is 2.73. The Kier molecular flexibility index (Phi) is 7.59. The van der Waals surface area contributed by atoms with Gasteiger partial charge in [0.2, 0.25) is 0 Å². The van der Waals surface area contributed by atoms with Crippen molar-refractivity contribution in [2.45, 2.75) is 31.9 Å². The van der Waals surface area contributed by atoms with Crippen LogP contribution in [0.2, 0.25) is 5.02 Å². The van der Waals surface area contributed by atoms with E-state index in [4.69, 9.17) is 11.6 Å². The number of anilines is 2. The molecule has 3 aromatic carbocycles. The molecule has 0 heterocycles. The lowest BCUT2D eigenvalue weighted by Crippen LogP contribution is -2.50. The zero-order valence-corrected chi connectivity index (χ0v) is 19.9. The van der Waals surface area contributed by atoms with Crippen LogP contribution in [0.3, 0.4) is 0 Å². The number of halogens is 8. The summed E-state index contributed by atoms with van der Waals surface area (Å²) >= 11 is 6.00. The van der Waals surface area contributed by atoms with Gasteiger partial charge in [0.15, 0.2) is 0 Å². The zero-order valence-electron chi connectivity index (χ0n) is 19.1. The maximum absolute atomic E-state index is 14.5. The maximum Gasteiger partial charge on any atom is 0.435 e. The van der Waals surface area contributed by atoms with Gasteiger partial charge in [0.25, 0.3) is 11.8 Å². The SMILES string of the molecule is Cc1cc(C(F)(C(F)(F)F)C(F)(F)F)cc(C)c1NC(=O)c1cccc(NC(=O)c2ccccc2Cl)c1. The molecule has 0 atom stereocenters. The number of hydrogen-bond donors (Lipinski definition) is 2. The Morgan fingerprint density at radius 3 is 1.84 bits per heavy atom. The first-order valence-electron chi connectivity index (χ1n) is 10.5. The summed E-state index contributed by atoms with van der Waals surface area (Å²) in [6, 6.07) is 12.7. The number of nitrogens with one attached hydrogen (secondary N) is 2. The number of hydrogen-bond acceptors (Lipinski definition) is 2. The molecule has 0 bridgehead atoms. The number of benzene rings is 3. The summed E-state index contributed by atoms with van der Waals surface area (Å²) in [4.78, 5) is 25.3. The molecule has 0 aliphatic heterocycles. The average Bonchev–Trinajstić information content (AvgIpc) is 2.79. The summed E-state index contributed by atoms with van der Waals surface area (Å²) in [6.07, 6.45) is -12.5. The number of carbonyl (C=O) groups is 2. The molecule has 0 spiro atoms. The molecule has 0 saturated heterocycles. The van der Waals surface area contributed by atoms with E-state index < -0.39 is 35.4 Å². The van der Waals surface area contributed by atoms with E-state index in [-0.39, 0.29) is 38.7 Å². The maximum atomic E-state index is 14.5. The lowest BCUT2D eigenvalue weighted by atomic mass is 9.90. The Morgan fingerprint density at radius 1 is 0.730 bits per heavy atom. The fourth-order valence-electron chi connectivity index (χ4n) is 3.62. The number of rotatable bonds is 5. The van der Waals surface area contributed by atoms with Crippen molar-refractivity contribution < 1.29 is 40.3 Å². The average molecular weight is 547 g/mol. The largest absolute Gasteiger partial charge is 0.435 e. The number of amides is 2. The molecule has 0 aliphatic carbocycles. The molecular weight excluding hydrogens is 529 g/mol. The summed E-state index contributed by atoms with van der Waals surface area (Å²) in [6.45, 7) is 2.28. The van der Waals surface area contributed by atoms with Gasteiger partial charge in [0, 0.05) is 22.5 Å². The molecule has 196 valence electrons. The second-order valence-electron chi connectivity index (χ2n) is 8.11. The van der Waals surface area contributed by atoms with E-state index in [0.29, 0.717) is 12.1 Å².